The monoisotopic (exact) mass is 254 g/mol. The maximum atomic E-state index is 3.41. The molecule has 98 valence electrons. The third-order valence-electron chi connectivity index (χ3n) is 3.17. The second kappa shape index (κ2) is 7.85. The summed E-state index contributed by atoms with van der Waals surface area (Å²) in [6.45, 7) is 10.2. The zero-order valence-corrected chi connectivity index (χ0v) is 12.4. The van der Waals surface area contributed by atoms with Gasteiger partial charge in [-0.1, -0.05) is 19.9 Å². The van der Waals surface area contributed by atoms with Crippen LogP contribution in [-0.2, 0) is 6.42 Å². The molecule has 3 heteroatoms. The first-order valence-corrected chi connectivity index (χ1v) is 7.44. The third kappa shape index (κ3) is 5.66. The molecule has 0 aliphatic heterocycles. The van der Waals surface area contributed by atoms with E-state index < -0.39 is 0 Å². The summed E-state index contributed by atoms with van der Waals surface area (Å²) in [5.41, 5.74) is 0. The average Bonchev–Trinajstić information content (AvgIpc) is 2.78. The number of nitrogens with zero attached hydrogens (tertiary/aromatic N) is 1. The van der Waals surface area contributed by atoms with E-state index in [1.165, 1.54) is 17.8 Å². The molecule has 0 amide bonds. The number of likely N-dealkylation sites (N-methyl/N-ethyl adjacent to an activating group) is 1. The van der Waals surface area contributed by atoms with E-state index in [0.717, 1.165) is 13.1 Å². The quantitative estimate of drug-likeness (QED) is 0.767. The Balaban J connectivity index is 2.28. The summed E-state index contributed by atoms with van der Waals surface area (Å²) >= 11 is 1.86. The third-order valence-corrected chi connectivity index (χ3v) is 4.07. The predicted octanol–water partition coefficient (Wildman–Crippen LogP) is 2.86. The number of hydrogen-bond acceptors (Lipinski definition) is 3. The molecule has 1 aromatic rings. The minimum Gasteiger partial charge on any atom is -0.317 e. The van der Waals surface area contributed by atoms with Gasteiger partial charge >= 0.3 is 0 Å². The van der Waals surface area contributed by atoms with Gasteiger partial charge in [0.1, 0.15) is 0 Å². The van der Waals surface area contributed by atoms with Crippen LogP contribution >= 0.6 is 11.3 Å². The maximum absolute atomic E-state index is 3.41. The largest absolute Gasteiger partial charge is 0.317 e. The van der Waals surface area contributed by atoms with Crippen molar-refractivity contribution in [3.8, 4) is 0 Å². The van der Waals surface area contributed by atoms with Crippen LogP contribution in [-0.4, -0.2) is 37.6 Å². The Kier molecular flexibility index (Phi) is 6.78. The van der Waals surface area contributed by atoms with Gasteiger partial charge in [-0.2, -0.15) is 0 Å². The standard InChI is InChI=1S/C14H26N2S/c1-5-15-10-12(2)11-16(4)13(3)9-14-7-6-8-17-14/h6-8,12-13,15H,5,9-11H2,1-4H3. The molecule has 0 bridgehead atoms. The molecule has 0 aromatic carbocycles. The molecule has 17 heavy (non-hydrogen) atoms. The minimum atomic E-state index is 0.623. The molecule has 2 nitrogen and oxygen atoms in total. The molecule has 0 radical (unpaired) electrons. The summed E-state index contributed by atoms with van der Waals surface area (Å²) in [4.78, 5) is 3.96. The highest BCUT2D eigenvalue weighted by molar-refractivity contribution is 7.09. The van der Waals surface area contributed by atoms with Crippen LogP contribution in [0.15, 0.2) is 17.5 Å². The fourth-order valence-electron chi connectivity index (χ4n) is 2.00. The van der Waals surface area contributed by atoms with Crippen molar-refractivity contribution in [1.82, 2.24) is 10.2 Å². The molecule has 1 aromatic heterocycles. The summed E-state index contributed by atoms with van der Waals surface area (Å²) in [6, 6.07) is 5.00. The summed E-state index contributed by atoms with van der Waals surface area (Å²) < 4.78 is 0. The van der Waals surface area contributed by atoms with Crippen molar-refractivity contribution in [1.29, 1.82) is 0 Å². The predicted molar refractivity (Wildman–Crippen MR) is 77.8 cm³/mol. The molecule has 1 rings (SSSR count). The Bertz CT molecular complexity index is 284. The Morgan fingerprint density at radius 1 is 1.41 bits per heavy atom. The van der Waals surface area contributed by atoms with E-state index in [-0.39, 0.29) is 0 Å². The Labute approximate surface area is 110 Å². The summed E-state index contributed by atoms with van der Waals surface area (Å²) in [5.74, 6) is 0.714. The fraction of sp³-hybridized carbons (Fsp3) is 0.714. The summed E-state index contributed by atoms with van der Waals surface area (Å²) in [7, 11) is 2.24. The number of hydrogen-bond donors (Lipinski definition) is 1. The molecule has 0 spiro atoms. The van der Waals surface area contributed by atoms with Crippen molar-refractivity contribution in [3.05, 3.63) is 22.4 Å². The molecule has 0 aliphatic rings. The SMILES string of the molecule is CCNCC(C)CN(C)C(C)Cc1cccs1. The molecule has 0 saturated carbocycles. The van der Waals surface area contributed by atoms with E-state index in [0.29, 0.717) is 12.0 Å². The fourth-order valence-corrected chi connectivity index (χ4v) is 2.83. The van der Waals surface area contributed by atoms with E-state index in [1.807, 2.05) is 11.3 Å². The minimum absolute atomic E-state index is 0.623. The van der Waals surface area contributed by atoms with Crippen LogP contribution in [0.25, 0.3) is 0 Å². The van der Waals surface area contributed by atoms with Crippen LogP contribution in [0.1, 0.15) is 25.6 Å². The molecule has 2 atom stereocenters. The van der Waals surface area contributed by atoms with Crippen LogP contribution in [0.2, 0.25) is 0 Å². The van der Waals surface area contributed by atoms with E-state index in [4.69, 9.17) is 0 Å². The smallest absolute Gasteiger partial charge is 0.0112 e. The zero-order valence-electron chi connectivity index (χ0n) is 11.6. The first-order chi connectivity index (χ1) is 8.13. The van der Waals surface area contributed by atoms with Crippen molar-refractivity contribution >= 4 is 11.3 Å². The summed E-state index contributed by atoms with van der Waals surface area (Å²) in [5, 5.41) is 5.58. The zero-order chi connectivity index (χ0) is 12.7. The molecular weight excluding hydrogens is 228 g/mol. The topological polar surface area (TPSA) is 15.3 Å². The maximum Gasteiger partial charge on any atom is 0.0112 e. The van der Waals surface area contributed by atoms with Gasteiger partial charge in [0.25, 0.3) is 0 Å². The van der Waals surface area contributed by atoms with Gasteiger partial charge in [-0.25, -0.2) is 0 Å². The van der Waals surface area contributed by atoms with Gasteiger partial charge in [-0.15, -0.1) is 11.3 Å². The van der Waals surface area contributed by atoms with Gasteiger partial charge in [0.15, 0.2) is 0 Å². The molecular formula is C14H26N2S. The lowest BCUT2D eigenvalue weighted by molar-refractivity contribution is 0.221. The molecule has 2 unspecified atom stereocenters. The van der Waals surface area contributed by atoms with Crippen molar-refractivity contribution in [2.75, 3.05) is 26.7 Å². The lowest BCUT2D eigenvalue weighted by Crippen LogP contribution is -2.37. The lowest BCUT2D eigenvalue weighted by Gasteiger charge is -2.27. The Morgan fingerprint density at radius 2 is 2.18 bits per heavy atom. The van der Waals surface area contributed by atoms with Gasteiger partial charge in [0, 0.05) is 17.5 Å². The van der Waals surface area contributed by atoms with Gasteiger partial charge in [-0.3, -0.25) is 0 Å². The first-order valence-electron chi connectivity index (χ1n) is 6.56. The molecule has 1 N–H and O–H groups in total. The first kappa shape index (κ1) is 14.7. The van der Waals surface area contributed by atoms with Crippen molar-refractivity contribution in [2.24, 2.45) is 5.92 Å². The van der Waals surface area contributed by atoms with Crippen LogP contribution < -0.4 is 5.32 Å². The highest BCUT2D eigenvalue weighted by atomic mass is 32.1. The number of thiophene rings is 1. The second-order valence-corrected chi connectivity index (χ2v) is 6.02. The van der Waals surface area contributed by atoms with E-state index in [1.54, 1.807) is 0 Å². The van der Waals surface area contributed by atoms with E-state index in [2.05, 4.69) is 55.5 Å². The normalized spacial score (nSPS) is 15.1. The molecule has 0 saturated heterocycles. The van der Waals surface area contributed by atoms with Gasteiger partial charge in [0.05, 0.1) is 0 Å². The number of rotatable bonds is 8. The molecule has 1 heterocycles. The molecule has 0 fully saturated rings. The van der Waals surface area contributed by atoms with E-state index >= 15 is 0 Å². The lowest BCUT2D eigenvalue weighted by atomic mass is 10.1. The van der Waals surface area contributed by atoms with Crippen molar-refractivity contribution in [3.63, 3.8) is 0 Å². The summed E-state index contributed by atoms with van der Waals surface area (Å²) in [6.07, 6.45) is 1.17. The van der Waals surface area contributed by atoms with E-state index in [9.17, 15) is 0 Å². The highest BCUT2D eigenvalue weighted by Gasteiger charge is 2.13. The van der Waals surface area contributed by atoms with Crippen LogP contribution in [0.3, 0.4) is 0 Å². The Hall–Kier alpha value is -0.380. The van der Waals surface area contributed by atoms with Crippen LogP contribution in [0.4, 0.5) is 0 Å². The van der Waals surface area contributed by atoms with Gasteiger partial charge in [0.2, 0.25) is 0 Å². The van der Waals surface area contributed by atoms with Crippen molar-refractivity contribution in [2.45, 2.75) is 33.2 Å². The van der Waals surface area contributed by atoms with Crippen LogP contribution in [0.5, 0.6) is 0 Å². The van der Waals surface area contributed by atoms with Crippen molar-refractivity contribution < 1.29 is 0 Å². The molecule has 0 aliphatic carbocycles. The average molecular weight is 254 g/mol. The van der Waals surface area contributed by atoms with Gasteiger partial charge < -0.3 is 10.2 Å². The van der Waals surface area contributed by atoms with Crippen LogP contribution in [0, 0.1) is 5.92 Å². The second-order valence-electron chi connectivity index (χ2n) is 4.98. The number of nitrogens with one attached hydrogen (secondary N) is 1. The van der Waals surface area contributed by atoms with Gasteiger partial charge in [-0.05, 0) is 50.8 Å². The Morgan fingerprint density at radius 3 is 2.76 bits per heavy atom. The highest BCUT2D eigenvalue weighted by Crippen LogP contribution is 2.14.